The molecule has 2 saturated heterocycles. The van der Waals surface area contributed by atoms with Crippen molar-refractivity contribution in [1.29, 1.82) is 0 Å². The van der Waals surface area contributed by atoms with Crippen LogP contribution in [-0.2, 0) is 6.54 Å². The topological polar surface area (TPSA) is 26.7 Å². The lowest BCUT2D eigenvalue weighted by Gasteiger charge is -2.41. The molecule has 0 radical (unpaired) electrons. The maximum atomic E-state index is 9.80. The van der Waals surface area contributed by atoms with Crippen LogP contribution in [0.3, 0.4) is 0 Å². The van der Waals surface area contributed by atoms with E-state index >= 15 is 0 Å². The third-order valence-corrected chi connectivity index (χ3v) is 4.75. The molecule has 0 spiro atoms. The van der Waals surface area contributed by atoms with Crippen LogP contribution in [-0.4, -0.2) is 53.2 Å². The van der Waals surface area contributed by atoms with Crippen molar-refractivity contribution in [3.8, 4) is 0 Å². The Morgan fingerprint density at radius 3 is 2.45 bits per heavy atom. The molecule has 0 aliphatic carbocycles. The fraction of sp³-hybridized carbons (Fsp3) is 0.647. The fourth-order valence-corrected chi connectivity index (χ4v) is 3.60. The Bertz CT molecular complexity index is 401. The van der Waals surface area contributed by atoms with Crippen LogP contribution in [0.4, 0.5) is 0 Å². The zero-order valence-corrected chi connectivity index (χ0v) is 12.2. The summed E-state index contributed by atoms with van der Waals surface area (Å²) >= 11 is 0. The van der Waals surface area contributed by atoms with Crippen molar-refractivity contribution in [2.75, 3.05) is 26.2 Å². The second-order valence-electron chi connectivity index (χ2n) is 6.28. The standard InChI is InChI=1S/C17H26N2O/c20-17-7-4-10-19(14-17)16-8-11-18(12-9-16)13-15-5-2-1-3-6-15/h1-3,5-6,16-17,20H,4,7-14H2/t17-/m0/s1. The van der Waals surface area contributed by atoms with Gasteiger partial charge in [0, 0.05) is 19.1 Å². The molecule has 1 N–H and O–H groups in total. The van der Waals surface area contributed by atoms with Gasteiger partial charge in [-0.25, -0.2) is 0 Å². The Balaban J connectivity index is 1.47. The number of β-amino-alcohol motifs (C(OH)–C–C–N with tert-alkyl or cyclic N) is 1. The van der Waals surface area contributed by atoms with Gasteiger partial charge in [-0.05, 0) is 50.9 Å². The number of piperidine rings is 2. The van der Waals surface area contributed by atoms with Gasteiger partial charge in [0.2, 0.25) is 0 Å². The summed E-state index contributed by atoms with van der Waals surface area (Å²) in [6.45, 7) is 5.53. The van der Waals surface area contributed by atoms with Crippen molar-refractivity contribution in [3.05, 3.63) is 35.9 Å². The molecule has 3 heteroatoms. The van der Waals surface area contributed by atoms with E-state index in [-0.39, 0.29) is 6.10 Å². The summed E-state index contributed by atoms with van der Waals surface area (Å²) in [5.74, 6) is 0. The highest BCUT2D eigenvalue weighted by molar-refractivity contribution is 5.14. The molecule has 20 heavy (non-hydrogen) atoms. The van der Waals surface area contributed by atoms with Gasteiger partial charge in [0.1, 0.15) is 0 Å². The summed E-state index contributed by atoms with van der Waals surface area (Å²) in [6.07, 6.45) is 4.56. The minimum absolute atomic E-state index is 0.0916. The van der Waals surface area contributed by atoms with Crippen LogP contribution in [0.25, 0.3) is 0 Å². The molecule has 0 aromatic heterocycles. The number of hydrogen-bond donors (Lipinski definition) is 1. The molecule has 2 aliphatic rings. The van der Waals surface area contributed by atoms with Crippen LogP contribution in [0.15, 0.2) is 30.3 Å². The average Bonchev–Trinajstić information content (AvgIpc) is 2.49. The van der Waals surface area contributed by atoms with Gasteiger partial charge in [0.05, 0.1) is 6.10 Å². The number of nitrogens with zero attached hydrogens (tertiary/aromatic N) is 2. The maximum Gasteiger partial charge on any atom is 0.0667 e. The molecule has 2 aliphatic heterocycles. The second kappa shape index (κ2) is 6.70. The summed E-state index contributed by atoms with van der Waals surface area (Å²) in [4.78, 5) is 5.08. The first kappa shape index (κ1) is 14.1. The van der Waals surface area contributed by atoms with Crippen LogP contribution < -0.4 is 0 Å². The molecule has 0 unspecified atom stereocenters. The minimum Gasteiger partial charge on any atom is -0.392 e. The van der Waals surface area contributed by atoms with E-state index in [1.807, 2.05) is 0 Å². The molecule has 110 valence electrons. The van der Waals surface area contributed by atoms with Crippen molar-refractivity contribution < 1.29 is 5.11 Å². The van der Waals surface area contributed by atoms with Crippen LogP contribution in [0.5, 0.6) is 0 Å². The molecule has 3 nitrogen and oxygen atoms in total. The van der Waals surface area contributed by atoms with E-state index in [0.29, 0.717) is 6.04 Å². The first-order chi connectivity index (χ1) is 9.81. The summed E-state index contributed by atoms with van der Waals surface area (Å²) in [5.41, 5.74) is 1.42. The Morgan fingerprint density at radius 1 is 1.00 bits per heavy atom. The summed E-state index contributed by atoms with van der Waals surface area (Å²) < 4.78 is 0. The van der Waals surface area contributed by atoms with Gasteiger partial charge in [-0.1, -0.05) is 30.3 Å². The second-order valence-corrected chi connectivity index (χ2v) is 6.28. The number of aliphatic hydroxyl groups is 1. The molecule has 3 rings (SSSR count). The number of aliphatic hydroxyl groups excluding tert-OH is 1. The predicted molar refractivity (Wildman–Crippen MR) is 81.6 cm³/mol. The van der Waals surface area contributed by atoms with E-state index in [0.717, 1.165) is 25.9 Å². The molecule has 0 amide bonds. The van der Waals surface area contributed by atoms with Crippen LogP contribution >= 0.6 is 0 Å². The number of likely N-dealkylation sites (tertiary alicyclic amines) is 2. The highest BCUT2D eigenvalue weighted by Gasteiger charge is 2.27. The van der Waals surface area contributed by atoms with Gasteiger partial charge in [-0.3, -0.25) is 9.80 Å². The van der Waals surface area contributed by atoms with Crippen molar-refractivity contribution in [3.63, 3.8) is 0 Å². The number of hydrogen-bond acceptors (Lipinski definition) is 3. The lowest BCUT2D eigenvalue weighted by molar-refractivity contribution is 0.0243. The van der Waals surface area contributed by atoms with Gasteiger partial charge in [-0.15, -0.1) is 0 Å². The average molecular weight is 274 g/mol. The predicted octanol–water partition coefficient (Wildman–Crippen LogP) is 2.11. The Hall–Kier alpha value is -0.900. The zero-order chi connectivity index (χ0) is 13.8. The van der Waals surface area contributed by atoms with Crippen molar-refractivity contribution in [1.82, 2.24) is 9.80 Å². The molecule has 0 bridgehead atoms. The van der Waals surface area contributed by atoms with Crippen molar-refractivity contribution >= 4 is 0 Å². The molecule has 2 fully saturated rings. The first-order valence-electron chi connectivity index (χ1n) is 7.99. The van der Waals surface area contributed by atoms with E-state index in [4.69, 9.17) is 0 Å². The number of rotatable bonds is 3. The molecule has 2 heterocycles. The zero-order valence-electron chi connectivity index (χ0n) is 12.2. The van der Waals surface area contributed by atoms with E-state index < -0.39 is 0 Å². The monoisotopic (exact) mass is 274 g/mol. The van der Waals surface area contributed by atoms with Crippen LogP contribution in [0.2, 0.25) is 0 Å². The van der Waals surface area contributed by atoms with E-state index in [1.54, 1.807) is 0 Å². The summed E-state index contributed by atoms with van der Waals surface area (Å²) in [6, 6.07) is 11.4. The molecular weight excluding hydrogens is 248 g/mol. The van der Waals surface area contributed by atoms with Gasteiger partial charge < -0.3 is 5.11 Å². The summed E-state index contributed by atoms with van der Waals surface area (Å²) in [5, 5.41) is 9.80. The molecule has 1 atom stereocenters. The fourth-order valence-electron chi connectivity index (χ4n) is 3.60. The smallest absolute Gasteiger partial charge is 0.0667 e. The van der Waals surface area contributed by atoms with Crippen molar-refractivity contribution in [2.24, 2.45) is 0 Å². The normalized spacial score (nSPS) is 26.8. The first-order valence-corrected chi connectivity index (χ1v) is 7.99. The quantitative estimate of drug-likeness (QED) is 0.914. The van der Waals surface area contributed by atoms with E-state index in [1.165, 1.54) is 38.0 Å². The highest BCUT2D eigenvalue weighted by atomic mass is 16.3. The SMILES string of the molecule is O[C@H]1CCCN(C2CCN(Cc3ccccc3)CC2)C1. The lowest BCUT2D eigenvalue weighted by atomic mass is 9.98. The molecule has 1 aromatic rings. The lowest BCUT2D eigenvalue weighted by Crippen LogP contribution is -2.49. The molecule has 1 aromatic carbocycles. The third-order valence-electron chi connectivity index (χ3n) is 4.75. The Morgan fingerprint density at radius 2 is 1.75 bits per heavy atom. The molecule has 0 saturated carbocycles. The van der Waals surface area contributed by atoms with E-state index in [9.17, 15) is 5.11 Å². The van der Waals surface area contributed by atoms with Gasteiger partial charge in [0.25, 0.3) is 0 Å². The van der Waals surface area contributed by atoms with Crippen LogP contribution in [0.1, 0.15) is 31.2 Å². The highest BCUT2D eigenvalue weighted by Crippen LogP contribution is 2.22. The van der Waals surface area contributed by atoms with E-state index in [2.05, 4.69) is 40.1 Å². The van der Waals surface area contributed by atoms with Crippen molar-refractivity contribution in [2.45, 2.75) is 44.4 Å². The van der Waals surface area contributed by atoms with Gasteiger partial charge in [0.15, 0.2) is 0 Å². The third kappa shape index (κ3) is 3.60. The minimum atomic E-state index is -0.0916. The molecular formula is C17H26N2O. The van der Waals surface area contributed by atoms with Gasteiger partial charge >= 0.3 is 0 Å². The Kier molecular flexibility index (Phi) is 4.71. The van der Waals surface area contributed by atoms with Gasteiger partial charge in [-0.2, -0.15) is 0 Å². The summed E-state index contributed by atoms with van der Waals surface area (Å²) in [7, 11) is 0. The maximum absolute atomic E-state index is 9.80. The van der Waals surface area contributed by atoms with Crippen LogP contribution in [0, 0.1) is 0 Å². The largest absolute Gasteiger partial charge is 0.392 e. The number of benzene rings is 1. The Labute approximate surface area is 122 Å².